The fourth-order valence-electron chi connectivity index (χ4n) is 1.37. The minimum Gasteiger partial charge on any atom is -0.388 e. The lowest BCUT2D eigenvalue weighted by atomic mass is 9.93. The van der Waals surface area contributed by atoms with Crippen LogP contribution >= 0.6 is 0 Å². The van der Waals surface area contributed by atoms with E-state index in [-0.39, 0.29) is 5.60 Å². The van der Waals surface area contributed by atoms with E-state index in [2.05, 4.69) is 19.0 Å². The van der Waals surface area contributed by atoms with Gasteiger partial charge in [-0.2, -0.15) is 0 Å². The smallest absolute Gasteiger partial charge is 0.139 e. The quantitative estimate of drug-likeness (QED) is 0.704. The summed E-state index contributed by atoms with van der Waals surface area (Å²) in [5.74, 6) is 0.629. The Morgan fingerprint density at radius 3 is 2.92 bits per heavy atom. The Morgan fingerprint density at radius 2 is 2.42 bits per heavy atom. The summed E-state index contributed by atoms with van der Waals surface area (Å²) in [5.41, 5.74) is 5.45. The first-order valence-corrected chi connectivity index (χ1v) is 4.67. The van der Waals surface area contributed by atoms with Crippen molar-refractivity contribution >= 4 is 5.84 Å². The highest BCUT2D eigenvalue weighted by atomic mass is 16.7. The van der Waals surface area contributed by atoms with Gasteiger partial charge in [-0.15, -0.1) is 0 Å². The highest BCUT2D eigenvalue weighted by Gasteiger charge is 2.28. The van der Waals surface area contributed by atoms with E-state index < -0.39 is 0 Å². The molecule has 1 unspecified atom stereocenters. The summed E-state index contributed by atoms with van der Waals surface area (Å²) >= 11 is 0. The maximum Gasteiger partial charge on any atom is 0.139 e. The zero-order valence-electron chi connectivity index (χ0n) is 7.97. The van der Waals surface area contributed by atoms with Crippen LogP contribution in [0.1, 0.15) is 46.0 Å². The van der Waals surface area contributed by atoms with E-state index in [0.717, 1.165) is 19.3 Å². The van der Waals surface area contributed by atoms with Crippen molar-refractivity contribution in [1.29, 1.82) is 0 Å². The second-order valence-electron chi connectivity index (χ2n) is 3.73. The topological polar surface area (TPSA) is 47.6 Å². The summed E-state index contributed by atoms with van der Waals surface area (Å²) in [6.45, 7) is 4.29. The van der Waals surface area contributed by atoms with Crippen molar-refractivity contribution < 1.29 is 4.84 Å². The first-order chi connectivity index (χ1) is 5.66. The van der Waals surface area contributed by atoms with E-state index in [1.54, 1.807) is 0 Å². The number of unbranched alkanes of at least 4 members (excludes halogenated alkanes) is 1. The molecule has 0 aromatic carbocycles. The zero-order valence-corrected chi connectivity index (χ0v) is 7.97. The van der Waals surface area contributed by atoms with Gasteiger partial charge in [0.25, 0.3) is 0 Å². The van der Waals surface area contributed by atoms with Crippen LogP contribution < -0.4 is 5.73 Å². The number of amidine groups is 1. The minimum absolute atomic E-state index is 0.0567. The molecule has 2 N–H and O–H groups in total. The Kier molecular flexibility index (Phi) is 2.95. The van der Waals surface area contributed by atoms with Gasteiger partial charge in [-0.3, -0.25) is 0 Å². The van der Waals surface area contributed by atoms with E-state index in [9.17, 15) is 0 Å². The van der Waals surface area contributed by atoms with Gasteiger partial charge in [0, 0.05) is 6.42 Å². The molecule has 1 aliphatic heterocycles. The van der Waals surface area contributed by atoms with Gasteiger partial charge in [0.05, 0.1) is 0 Å². The second kappa shape index (κ2) is 3.78. The maximum absolute atomic E-state index is 5.51. The van der Waals surface area contributed by atoms with Gasteiger partial charge in [-0.25, -0.2) is 0 Å². The molecule has 0 fully saturated rings. The number of hydrogen-bond donors (Lipinski definition) is 1. The Morgan fingerprint density at radius 1 is 1.67 bits per heavy atom. The molecule has 1 atom stereocenters. The average molecular weight is 170 g/mol. The molecule has 0 amide bonds. The van der Waals surface area contributed by atoms with Gasteiger partial charge >= 0.3 is 0 Å². The van der Waals surface area contributed by atoms with Gasteiger partial charge in [0.15, 0.2) is 0 Å². The van der Waals surface area contributed by atoms with Crippen LogP contribution in [0.5, 0.6) is 0 Å². The number of hydrogen-bond acceptors (Lipinski definition) is 3. The van der Waals surface area contributed by atoms with E-state index in [1.807, 2.05) is 0 Å². The summed E-state index contributed by atoms with van der Waals surface area (Å²) in [6, 6.07) is 0. The molecule has 0 aromatic heterocycles. The molecule has 12 heavy (non-hydrogen) atoms. The third-order valence-electron chi connectivity index (χ3n) is 2.35. The molecule has 0 bridgehead atoms. The average Bonchev–Trinajstić information content (AvgIpc) is 2.08. The molecule has 0 aromatic rings. The van der Waals surface area contributed by atoms with Crippen LogP contribution in [-0.2, 0) is 4.84 Å². The predicted molar refractivity (Wildman–Crippen MR) is 49.9 cm³/mol. The lowest BCUT2D eigenvalue weighted by Crippen LogP contribution is -2.33. The van der Waals surface area contributed by atoms with Crippen molar-refractivity contribution in [3.8, 4) is 0 Å². The predicted octanol–water partition coefficient (Wildman–Crippen LogP) is 2.02. The van der Waals surface area contributed by atoms with Gasteiger partial charge in [-0.1, -0.05) is 18.5 Å². The van der Waals surface area contributed by atoms with E-state index >= 15 is 0 Å². The highest BCUT2D eigenvalue weighted by molar-refractivity contribution is 5.80. The van der Waals surface area contributed by atoms with Crippen molar-refractivity contribution in [3.63, 3.8) is 0 Å². The standard InChI is InChI=1S/C9H18N2O/c1-3-4-6-9(2)7-5-8(10)11-12-9/h3-7H2,1-2H3,(H2,10,11). The van der Waals surface area contributed by atoms with E-state index in [1.165, 1.54) is 12.8 Å². The van der Waals surface area contributed by atoms with Crippen molar-refractivity contribution in [2.75, 3.05) is 0 Å². The summed E-state index contributed by atoms with van der Waals surface area (Å²) in [6.07, 6.45) is 5.37. The van der Waals surface area contributed by atoms with Gasteiger partial charge in [0.1, 0.15) is 11.4 Å². The van der Waals surface area contributed by atoms with Gasteiger partial charge < -0.3 is 10.6 Å². The van der Waals surface area contributed by atoms with Crippen LogP contribution in [0.15, 0.2) is 5.16 Å². The molecule has 1 aliphatic rings. The Hall–Kier alpha value is -0.730. The fourth-order valence-corrected chi connectivity index (χ4v) is 1.37. The molecule has 1 heterocycles. The van der Waals surface area contributed by atoms with Gasteiger partial charge in [-0.05, 0) is 26.2 Å². The maximum atomic E-state index is 5.51. The molecule has 0 saturated carbocycles. The zero-order chi connectivity index (χ0) is 9.03. The summed E-state index contributed by atoms with van der Waals surface area (Å²) in [5, 5.41) is 3.83. The molecule has 0 spiro atoms. The normalized spacial score (nSPS) is 29.3. The minimum atomic E-state index is -0.0567. The fraction of sp³-hybridized carbons (Fsp3) is 0.889. The first kappa shape index (κ1) is 9.36. The first-order valence-electron chi connectivity index (χ1n) is 4.67. The van der Waals surface area contributed by atoms with Crippen LogP contribution in [0.2, 0.25) is 0 Å². The van der Waals surface area contributed by atoms with E-state index in [0.29, 0.717) is 5.84 Å². The molecule has 0 aliphatic carbocycles. The number of nitrogens with zero attached hydrogens (tertiary/aromatic N) is 1. The summed E-state index contributed by atoms with van der Waals surface area (Å²) in [4.78, 5) is 5.34. The molecular weight excluding hydrogens is 152 g/mol. The third kappa shape index (κ3) is 2.40. The monoisotopic (exact) mass is 170 g/mol. The lowest BCUT2D eigenvalue weighted by molar-refractivity contribution is -0.0507. The van der Waals surface area contributed by atoms with Crippen molar-refractivity contribution in [2.45, 2.75) is 51.6 Å². The number of oxime groups is 1. The third-order valence-corrected chi connectivity index (χ3v) is 2.35. The molecule has 3 heteroatoms. The van der Waals surface area contributed by atoms with Crippen molar-refractivity contribution in [1.82, 2.24) is 0 Å². The van der Waals surface area contributed by atoms with Crippen LogP contribution in [0.25, 0.3) is 0 Å². The molecule has 3 nitrogen and oxygen atoms in total. The number of rotatable bonds is 3. The van der Waals surface area contributed by atoms with Crippen LogP contribution in [-0.4, -0.2) is 11.4 Å². The summed E-state index contributed by atoms with van der Waals surface area (Å²) in [7, 11) is 0. The van der Waals surface area contributed by atoms with Crippen molar-refractivity contribution in [3.05, 3.63) is 0 Å². The summed E-state index contributed by atoms with van der Waals surface area (Å²) < 4.78 is 0. The largest absolute Gasteiger partial charge is 0.388 e. The van der Waals surface area contributed by atoms with Gasteiger partial charge in [0.2, 0.25) is 0 Å². The van der Waals surface area contributed by atoms with Crippen molar-refractivity contribution in [2.24, 2.45) is 10.9 Å². The lowest BCUT2D eigenvalue weighted by Gasteiger charge is -2.30. The SMILES string of the molecule is CCCCC1(C)CCC(N)=NO1. The molecular formula is C9H18N2O. The molecule has 0 radical (unpaired) electrons. The Labute approximate surface area is 74.0 Å². The molecule has 1 rings (SSSR count). The van der Waals surface area contributed by atoms with Crippen LogP contribution in [0.4, 0.5) is 0 Å². The molecule has 0 saturated heterocycles. The number of nitrogens with two attached hydrogens (primary N) is 1. The second-order valence-corrected chi connectivity index (χ2v) is 3.73. The van der Waals surface area contributed by atoms with E-state index in [4.69, 9.17) is 10.6 Å². The molecule has 70 valence electrons. The van der Waals surface area contributed by atoms with Crippen LogP contribution in [0.3, 0.4) is 0 Å². The van der Waals surface area contributed by atoms with Crippen LogP contribution in [0, 0.1) is 0 Å². The highest BCUT2D eigenvalue weighted by Crippen LogP contribution is 2.27. The Bertz CT molecular complexity index is 179. The Balaban J connectivity index is 2.40.